The van der Waals surface area contributed by atoms with Gasteiger partial charge in [-0.15, -0.1) is 0 Å². The molecule has 0 aliphatic carbocycles. The van der Waals surface area contributed by atoms with Gasteiger partial charge in [0.15, 0.2) is 5.43 Å². The van der Waals surface area contributed by atoms with Crippen molar-refractivity contribution < 1.29 is 13.6 Å². The smallest absolute Gasteiger partial charge is 0.295 e. The molecule has 0 saturated heterocycles. The zero-order valence-corrected chi connectivity index (χ0v) is 17.4. The number of amides is 1. The van der Waals surface area contributed by atoms with E-state index in [2.05, 4.69) is 15.9 Å². The predicted octanol–water partition coefficient (Wildman–Crippen LogP) is 5.75. The van der Waals surface area contributed by atoms with Crippen LogP contribution in [0.3, 0.4) is 0 Å². The fraction of sp³-hybridized carbons (Fsp3) is 0.0833. The molecule has 0 saturated carbocycles. The first-order valence-corrected chi connectivity index (χ1v) is 10.2. The molecule has 30 heavy (non-hydrogen) atoms. The van der Waals surface area contributed by atoms with E-state index in [1.54, 1.807) is 11.0 Å². The number of nitrogens with zero attached hydrogens (tertiary/aromatic N) is 1. The Morgan fingerprint density at radius 2 is 1.77 bits per heavy atom. The van der Waals surface area contributed by atoms with E-state index in [0.29, 0.717) is 5.69 Å². The van der Waals surface area contributed by atoms with E-state index in [1.807, 2.05) is 49.4 Å². The third kappa shape index (κ3) is 2.87. The van der Waals surface area contributed by atoms with Gasteiger partial charge in [0.25, 0.3) is 5.91 Å². The van der Waals surface area contributed by atoms with Crippen LogP contribution < -0.4 is 10.3 Å². The molecule has 1 unspecified atom stereocenters. The molecule has 1 aliphatic heterocycles. The summed E-state index contributed by atoms with van der Waals surface area (Å²) in [5.41, 5.74) is 2.47. The number of benzene rings is 3. The lowest BCUT2D eigenvalue weighted by Gasteiger charge is -2.25. The van der Waals surface area contributed by atoms with Crippen molar-refractivity contribution in [3.05, 3.63) is 110 Å². The quantitative estimate of drug-likeness (QED) is 0.380. The molecule has 0 radical (unpaired) electrons. The standard InChI is InChI=1S/C24H15BrFNO3/c1-13-5-7-14(8-6-13)21-20-22(28)18-12-16(26)9-10-19(18)30-23(20)24(29)27(21)17-4-2-3-15(25)11-17/h2-12,21H,1H3. The Morgan fingerprint density at radius 3 is 2.50 bits per heavy atom. The topological polar surface area (TPSA) is 50.5 Å². The van der Waals surface area contributed by atoms with Crippen LogP contribution in [0.4, 0.5) is 10.1 Å². The summed E-state index contributed by atoms with van der Waals surface area (Å²) in [7, 11) is 0. The summed E-state index contributed by atoms with van der Waals surface area (Å²) in [5.74, 6) is -0.948. The Kier molecular flexibility index (Phi) is 4.33. The number of hydrogen-bond acceptors (Lipinski definition) is 3. The third-order valence-electron chi connectivity index (χ3n) is 5.31. The van der Waals surface area contributed by atoms with Gasteiger partial charge in [-0.25, -0.2) is 4.39 Å². The normalized spacial score (nSPS) is 15.6. The maximum absolute atomic E-state index is 13.8. The third-order valence-corrected chi connectivity index (χ3v) is 5.80. The largest absolute Gasteiger partial charge is 0.450 e. The SMILES string of the molecule is Cc1ccc(C2c3c(oc4ccc(F)cc4c3=O)C(=O)N2c2cccc(Br)c2)cc1. The summed E-state index contributed by atoms with van der Waals surface area (Å²) in [6.45, 7) is 1.97. The Hall–Kier alpha value is -3.25. The van der Waals surface area contributed by atoms with Crippen LogP contribution in [0.1, 0.15) is 33.3 Å². The average molecular weight is 464 g/mol. The van der Waals surface area contributed by atoms with Gasteiger partial charge < -0.3 is 4.42 Å². The summed E-state index contributed by atoms with van der Waals surface area (Å²) in [6.07, 6.45) is 0. The van der Waals surface area contributed by atoms with Crippen LogP contribution in [0.15, 0.2) is 80.4 Å². The van der Waals surface area contributed by atoms with Crippen molar-refractivity contribution in [2.45, 2.75) is 13.0 Å². The Bertz CT molecular complexity index is 1380. The van der Waals surface area contributed by atoms with E-state index in [-0.39, 0.29) is 22.3 Å². The molecule has 4 nitrogen and oxygen atoms in total. The van der Waals surface area contributed by atoms with Gasteiger partial charge in [-0.3, -0.25) is 14.5 Å². The Balaban J connectivity index is 1.83. The number of anilines is 1. The maximum Gasteiger partial charge on any atom is 0.295 e. The second-order valence-electron chi connectivity index (χ2n) is 7.28. The lowest BCUT2D eigenvalue weighted by molar-refractivity contribution is 0.0971. The van der Waals surface area contributed by atoms with Crippen molar-refractivity contribution in [2.75, 3.05) is 4.90 Å². The molecule has 0 bridgehead atoms. The molecule has 1 amide bonds. The van der Waals surface area contributed by atoms with E-state index >= 15 is 0 Å². The zero-order valence-electron chi connectivity index (χ0n) is 15.9. The lowest BCUT2D eigenvalue weighted by atomic mass is 9.97. The number of fused-ring (bicyclic) bond motifs is 2. The molecular formula is C24H15BrFNO3. The van der Waals surface area contributed by atoms with Gasteiger partial charge in [-0.2, -0.15) is 0 Å². The van der Waals surface area contributed by atoms with Crippen molar-refractivity contribution in [3.8, 4) is 0 Å². The van der Waals surface area contributed by atoms with Crippen molar-refractivity contribution in [3.63, 3.8) is 0 Å². The van der Waals surface area contributed by atoms with Gasteiger partial charge in [0.05, 0.1) is 17.0 Å². The molecule has 0 N–H and O–H groups in total. The highest BCUT2D eigenvalue weighted by atomic mass is 79.9. The summed E-state index contributed by atoms with van der Waals surface area (Å²) in [4.78, 5) is 28.4. The van der Waals surface area contributed by atoms with Crippen LogP contribution in [0.5, 0.6) is 0 Å². The van der Waals surface area contributed by atoms with Gasteiger partial charge in [0, 0.05) is 10.2 Å². The number of rotatable bonds is 2. The summed E-state index contributed by atoms with van der Waals surface area (Å²) in [6, 6.07) is 18.0. The average Bonchev–Trinajstić information content (AvgIpc) is 3.02. The number of carbonyl (C=O) groups is 1. The second-order valence-corrected chi connectivity index (χ2v) is 8.20. The van der Waals surface area contributed by atoms with Crippen molar-refractivity contribution >= 4 is 38.5 Å². The first-order chi connectivity index (χ1) is 14.4. The number of halogens is 2. The Labute approximate surface area is 179 Å². The minimum atomic E-state index is -0.675. The number of carbonyl (C=O) groups excluding carboxylic acids is 1. The van der Waals surface area contributed by atoms with E-state index < -0.39 is 23.2 Å². The molecule has 0 fully saturated rings. The first-order valence-electron chi connectivity index (χ1n) is 9.36. The molecule has 0 spiro atoms. The first kappa shape index (κ1) is 18.8. The molecule has 3 aromatic carbocycles. The highest BCUT2D eigenvalue weighted by Crippen LogP contribution is 2.41. The molecule has 1 aromatic heterocycles. The Morgan fingerprint density at radius 1 is 1.00 bits per heavy atom. The van der Waals surface area contributed by atoms with Crippen molar-refractivity contribution in [2.24, 2.45) is 0 Å². The minimum absolute atomic E-state index is 0.00958. The fourth-order valence-corrected chi connectivity index (χ4v) is 4.29. The van der Waals surface area contributed by atoms with Gasteiger partial charge >= 0.3 is 0 Å². The van der Waals surface area contributed by atoms with Crippen molar-refractivity contribution in [1.82, 2.24) is 0 Å². The summed E-state index contributed by atoms with van der Waals surface area (Å²) < 4.78 is 20.5. The summed E-state index contributed by atoms with van der Waals surface area (Å²) >= 11 is 3.44. The molecule has 6 heteroatoms. The monoisotopic (exact) mass is 463 g/mol. The number of aryl methyl sites for hydroxylation is 1. The predicted molar refractivity (Wildman–Crippen MR) is 116 cm³/mol. The van der Waals surface area contributed by atoms with Crippen molar-refractivity contribution in [1.29, 1.82) is 0 Å². The van der Waals surface area contributed by atoms with Crippen LogP contribution in [0, 0.1) is 12.7 Å². The number of hydrogen-bond donors (Lipinski definition) is 0. The molecule has 2 heterocycles. The van der Waals surface area contributed by atoms with E-state index in [9.17, 15) is 14.0 Å². The molecule has 1 atom stereocenters. The summed E-state index contributed by atoms with van der Waals surface area (Å²) in [5, 5.41) is 0.120. The van der Waals surface area contributed by atoms with E-state index in [4.69, 9.17) is 4.42 Å². The van der Waals surface area contributed by atoms with Gasteiger partial charge in [0.2, 0.25) is 5.76 Å². The highest BCUT2D eigenvalue weighted by molar-refractivity contribution is 9.10. The van der Waals surface area contributed by atoms with E-state index in [1.165, 1.54) is 12.1 Å². The minimum Gasteiger partial charge on any atom is -0.450 e. The van der Waals surface area contributed by atoms with Crippen LogP contribution in [0.25, 0.3) is 11.0 Å². The molecule has 4 aromatic rings. The molecule has 5 rings (SSSR count). The van der Waals surface area contributed by atoms with Gasteiger partial charge in [-0.1, -0.05) is 51.8 Å². The fourth-order valence-electron chi connectivity index (χ4n) is 3.90. The lowest BCUT2D eigenvalue weighted by Crippen LogP contribution is -2.29. The molecular weight excluding hydrogens is 449 g/mol. The molecule has 148 valence electrons. The van der Waals surface area contributed by atoms with Crippen LogP contribution in [-0.2, 0) is 0 Å². The molecule has 1 aliphatic rings. The maximum atomic E-state index is 13.8. The van der Waals surface area contributed by atoms with Gasteiger partial charge in [0.1, 0.15) is 11.4 Å². The van der Waals surface area contributed by atoms with E-state index in [0.717, 1.165) is 21.7 Å². The van der Waals surface area contributed by atoms with Gasteiger partial charge in [-0.05, 0) is 48.9 Å². The second kappa shape index (κ2) is 6.92. The van der Waals surface area contributed by atoms with Crippen LogP contribution in [0.2, 0.25) is 0 Å². The van der Waals surface area contributed by atoms with Crippen LogP contribution >= 0.6 is 15.9 Å². The highest BCUT2D eigenvalue weighted by Gasteiger charge is 2.43. The van der Waals surface area contributed by atoms with Crippen LogP contribution in [-0.4, -0.2) is 5.91 Å². The zero-order chi connectivity index (χ0) is 21.0.